The maximum atomic E-state index is 9.32. The number of rotatable bonds is 2. The first kappa shape index (κ1) is 9.46. The van der Waals surface area contributed by atoms with Crippen LogP contribution < -0.4 is 0 Å². The molecule has 0 spiro atoms. The van der Waals surface area contributed by atoms with Crippen molar-refractivity contribution in [3.05, 3.63) is 21.3 Å². The Morgan fingerprint density at radius 2 is 2.46 bits per heavy atom. The van der Waals surface area contributed by atoms with E-state index in [1.165, 1.54) is 4.88 Å². The van der Waals surface area contributed by atoms with Gasteiger partial charge in [0.2, 0.25) is 0 Å². The molecule has 0 aliphatic carbocycles. The van der Waals surface area contributed by atoms with Crippen molar-refractivity contribution in [3.8, 4) is 0 Å². The molecule has 1 aliphatic rings. The van der Waals surface area contributed by atoms with E-state index in [1.54, 1.807) is 11.3 Å². The molecule has 1 aliphatic heterocycles. The van der Waals surface area contributed by atoms with Crippen molar-refractivity contribution < 1.29 is 5.11 Å². The summed E-state index contributed by atoms with van der Waals surface area (Å²) in [5, 5.41) is 9.32. The van der Waals surface area contributed by atoms with E-state index >= 15 is 0 Å². The smallest absolute Gasteiger partial charge is 0.0931 e. The zero-order valence-electron chi connectivity index (χ0n) is 7.24. The minimum Gasteiger partial charge on any atom is -0.392 e. The van der Waals surface area contributed by atoms with Gasteiger partial charge >= 0.3 is 0 Å². The van der Waals surface area contributed by atoms with E-state index in [4.69, 9.17) is 11.6 Å². The van der Waals surface area contributed by atoms with E-state index < -0.39 is 0 Å². The van der Waals surface area contributed by atoms with E-state index in [2.05, 4.69) is 11.0 Å². The number of likely N-dealkylation sites (tertiary alicyclic amines) is 1. The van der Waals surface area contributed by atoms with Crippen LogP contribution >= 0.6 is 22.9 Å². The number of halogens is 1. The molecule has 1 saturated heterocycles. The van der Waals surface area contributed by atoms with Crippen LogP contribution in [0.3, 0.4) is 0 Å². The summed E-state index contributed by atoms with van der Waals surface area (Å²) in [4.78, 5) is 3.53. The lowest BCUT2D eigenvalue weighted by atomic mass is 10.3. The predicted octanol–water partition coefficient (Wildman–Crippen LogP) is 1.97. The largest absolute Gasteiger partial charge is 0.392 e. The molecule has 72 valence electrons. The second-order valence-corrected chi connectivity index (χ2v) is 5.18. The van der Waals surface area contributed by atoms with Crippen LogP contribution in [-0.2, 0) is 6.54 Å². The van der Waals surface area contributed by atoms with Crippen molar-refractivity contribution in [1.82, 2.24) is 4.90 Å². The van der Waals surface area contributed by atoms with E-state index in [0.717, 1.165) is 30.4 Å². The molecule has 0 radical (unpaired) electrons. The molecule has 0 unspecified atom stereocenters. The first-order valence-electron chi connectivity index (χ1n) is 4.38. The number of β-amino-alcohol motifs (C(OH)–C–C–N with tert-alkyl or cyclic N) is 1. The predicted molar refractivity (Wildman–Crippen MR) is 55.2 cm³/mol. The Morgan fingerprint density at radius 1 is 1.62 bits per heavy atom. The molecular weight excluding hydrogens is 206 g/mol. The van der Waals surface area contributed by atoms with Gasteiger partial charge in [-0.25, -0.2) is 0 Å². The Bertz CT molecular complexity index is 289. The van der Waals surface area contributed by atoms with Crippen LogP contribution in [0.1, 0.15) is 11.3 Å². The van der Waals surface area contributed by atoms with Crippen LogP contribution in [0.15, 0.2) is 12.1 Å². The fraction of sp³-hybridized carbons (Fsp3) is 0.556. The SMILES string of the molecule is O[C@@H]1CCN(Cc2ccc(Cl)s2)C1. The number of nitrogens with zero attached hydrogens (tertiary/aromatic N) is 1. The van der Waals surface area contributed by atoms with Gasteiger partial charge in [0.25, 0.3) is 0 Å². The lowest BCUT2D eigenvalue weighted by Gasteiger charge is -2.12. The summed E-state index contributed by atoms with van der Waals surface area (Å²) in [6.07, 6.45) is 0.773. The highest BCUT2D eigenvalue weighted by Crippen LogP contribution is 2.23. The Kier molecular flexibility index (Phi) is 2.89. The minimum absolute atomic E-state index is 0.129. The quantitative estimate of drug-likeness (QED) is 0.819. The summed E-state index contributed by atoms with van der Waals surface area (Å²) in [6, 6.07) is 3.98. The van der Waals surface area contributed by atoms with Crippen molar-refractivity contribution in [3.63, 3.8) is 0 Å². The highest BCUT2D eigenvalue weighted by Gasteiger charge is 2.20. The Labute approximate surface area is 86.7 Å². The van der Waals surface area contributed by atoms with Crippen molar-refractivity contribution in [1.29, 1.82) is 0 Å². The second-order valence-electron chi connectivity index (χ2n) is 3.38. The molecule has 2 heterocycles. The summed E-state index contributed by atoms with van der Waals surface area (Å²) in [5.74, 6) is 0. The number of hydrogen-bond donors (Lipinski definition) is 1. The summed E-state index contributed by atoms with van der Waals surface area (Å²) in [7, 11) is 0. The Morgan fingerprint density at radius 3 is 3.00 bits per heavy atom. The fourth-order valence-electron chi connectivity index (χ4n) is 1.61. The van der Waals surface area contributed by atoms with Gasteiger partial charge in [0, 0.05) is 24.5 Å². The lowest BCUT2D eigenvalue weighted by Crippen LogP contribution is -2.20. The number of thiophene rings is 1. The van der Waals surface area contributed by atoms with Gasteiger partial charge in [0.05, 0.1) is 10.4 Å². The fourth-order valence-corrected chi connectivity index (χ4v) is 2.74. The maximum Gasteiger partial charge on any atom is 0.0931 e. The van der Waals surface area contributed by atoms with Crippen molar-refractivity contribution >= 4 is 22.9 Å². The molecule has 0 saturated carbocycles. The molecule has 1 aromatic heterocycles. The number of aliphatic hydroxyl groups is 1. The van der Waals surface area contributed by atoms with Gasteiger partial charge < -0.3 is 5.11 Å². The third-order valence-corrected chi connectivity index (χ3v) is 3.47. The molecule has 4 heteroatoms. The van der Waals surface area contributed by atoms with Crippen LogP contribution in [0.25, 0.3) is 0 Å². The lowest BCUT2D eigenvalue weighted by molar-refractivity contribution is 0.175. The van der Waals surface area contributed by atoms with E-state index in [0.29, 0.717) is 0 Å². The van der Waals surface area contributed by atoms with Crippen LogP contribution in [0.2, 0.25) is 4.34 Å². The third-order valence-electron chi connectivity index (χ3n) is 2.26. The van der Waals surface area contributed by atoms with Gasteiger partial charge in [-0.15, -0.1) is 11.3 Å². The highest BCUT2D eigenvalue weighted by atomic mass is 35.5. The molecule has 2 rings (SSSR count). The van der Waals surface area contributed by atoms with Crippen LogP contribution in [-0.4, -0.2) is 29.2 Å². The summed E-state index contributed by atoms with van der Waals surface area (Å²) < 4.78 is 0.842. The first-order valence-corrected chi connectivity index (χ1v) is 5.58. The maximum absolute atomic E-state index is 9.32. The molecule has 0 amide bonds. The van der Waals surface area contributed by atoms with E-state index in [1.807, 2.05) is 6.07 Å². The molecule has 1 atom stereocenters. The van der Waals surface area contributed by atoms with E-state index in [9.17, 15) is 5.11 Å². The molecule has 1 N–H and O–H groups in total. The number of aliphatic hydroxyl groups excluding tert-OH is 1. The summed E-state index contributed by atoms with van der Waals surface area (Å²) in [6.45, 7) is 2.72. The van der Waals surface area contributed by atoms with Gasteiger partial charge in [0.15, 0.2) is 0 Å². The standard InChI is InChI=1S/C9H12ClNOS/c10-9-2-1-8(13-9)6-11-4-3-7(12)5-11/h1-2,7,12H,3-6H2/t7-/m1/s1. The molecule has 0 bridgehead atoms. The topological polar surface area (TPSA) is 23.5 Å². The zero-order chi connectivity index (χ0) is 9.26. The van der Waals surface area contributed by atoms with Crippen molar-refractivity contribution in [2.24, 2.45) is 0 Å². The van der Waals surface area contributed by atoms with Gasteiger partial charge in [-0.2, -0.15) is 0 Å². The van der Waals surface area contributed by atoms with Gasteiger partial charge in [0.1, 0.15) is 0 Å². The molecule has 2 nitrogen and oxygen atoms in total. The van der Waals surface area contributed by atoms with Gasteiger partial charge in [-0.3, -0.25) is 4.90 Å². The second kappa shape index (κ2) is 3.96. The number of hydrogen-bond acceptors (Lipinski definition) is 3. The monoisotopic (exact) mass is 217 g/mol. The van der Waals surface area contributed by atoms with Crippen LogP contribution in [0.4, 0.5) is 0 Å². The highest BCUT2D eigenvalue weighted by molar-refractivity contribution is 7.16. The van der Waals surface area contributed by atoms with Crippen LogP contribution in [0.5, 0.6) is 0 Å². The Balaban J connectivity index is 1.91. The summed E-state index contributed by atoms with van der Waals surface area (Å²) >= 11 is 7.44. The molecule has 1 aromatic rings. The molecule has 13 heavy (non-hydrogen) atoms. The molecule has 0 aromatic carbocycles. The van der Waals surface area contributed by atoms with Crippen molar-refractivity contribution in [2.75, 3.05) is 13.1 Å². The first-order chi connectivity index (χ1) is 6.24. The third kappa shape index (κ3) is 2.44. The van der Waals surface area contributed by atoms with Gasteiger partial charge in [-0.05, 0) is 18.6 Å². The van der Waals surface area contributed by atoms with Gasteiger partial charge in [-0.1, -0.05) is 11.6 Å². The molecular formula is C9H12ClNOS. The van der Waals surface area contributed by atoms with E-state index in [-0.39, 0.29) is 6.10 Å². The zero-order valence-corrected chi connectivity index (χ0v) is 8.81. The Hall–Kier alpha value is -0.0900. The normalized spacial score (nSPS) is 24.0. The molecule has 1 fully saturated rings. The average molecular weight is 218 g/mol. The van der Waals surface area contributed by atoms with Crippen LogP contribution in [0, 0.1) is 0 Å². The summed E-state index contributed by atoms with van der Waals surface area (Å²) in [5.41, 5.74) is 0. The minimum atomic E-state index is -0.129. The average Bonchev–Trinajstić information content (AvgIpc) is 2.62. The van der Waals surface area contributed by atoms with Crippen molar-refractivity contribution in [2.45, 2.75) is 19.1 Å².